The summed E-state index contributed by atoms with van der Waals surface area (Å²) in [5, 5.41) is 3.24. The van der Waals surface area contributed by atoms with Crippen molar-refractivity contribution < 1.29 is 14.3 Å². The molecule has 1 unspecified atom stereocenters. The first kappa shape index (κ1) is 15.7. The maximum atomic E-state index is 12.4. The number of amides is 1. The number of hydrogen-bond donors (Lipinski definition) is 1. The van der Waals surface area contributed by atoms with E-state index in [1.807, 2.05) is 18.7 Å². The van der Waals surface area contributed by atoms with E-state index in [1.54, 1.807) is 0 Å². The molecule has 0 aliphatic carbocycles. The molecule has 0 bridgehead atoms. The summed E-state index contributed by atoms with van der Waals surface area (Å²) >= 11 is 0. The molecular formula is C12H23ClN2O3. The molecule has 0 aromatic heterocycles. The number of carbonyl (C=O) groups excluding carboxylic acids is 1. The summed E-state index contributed by atoms with van der Waals surface area (Å²) in [6.07, 6.45) is 0.995. The first-order valence-corrected chi connectivity index (χ1v) is 6.44. The molecule has 2 saturated heterocycles. The lowest BCUT2D eigenvalue weighted by molar-refractivity contribution is -0.140. The van der Waals surface area contributed by atoms with Gasteiger partial charge in [0.1, 0.15) is 6.04 Å². The number of halogens is 1. The molecule has 2 rings (SSSR count). The molecule has 0 radical (unpaired) electrons. The van der Waals surface area contributed by atoms with E-state index in [4.69, 9.17) is 9.47 Å². The van der Waals surface area contributed by atoms with Crippen LogP contribution in [0.15, 0.2) is 0 Å². The van der Waals surface area contributed by atoms with Crippen molar-refractivity contribution in [3.63, 3.8) is 0 Å². The molecule has 0 aromatic rings. The maximum absolute atomic E-state index is 12.4. The average Bonchev–Trinajstić information content (AvgIpc) is 2.54. The van der Waals surface area contributed by atoms with E-state index in [-0.39, 0.29) is 36.6 Å². The second kappa shape index (κ2) is 7.28. The normalized spacial score (nSPS) is 33.4. The van der Waals surface area contributed by atoms with Crippen molar-refractivity contribution in [3.05, 3.63) is 0 Å². The van der Waals surface area contributed by atoms with Crippen molar-refractivity contribution in [2.75, 3.05) is 32.8 Å². The number of rotatable bonds is 1. The van der Waals surface area contributed by atoms with Gasteiger partial charge < -0.3 is 19.7 Å². The highest BCUT2D eigenvalue weighted by atomic mass is 35.5. The molecule has 2 heterocycles. The molecule has 18 heavy (non-hydrogen) atoms. The van der Waals surface area contributed by atoms with Crippen LogP contribution in [0.25, 0.3) is 0 Å². The van der Waals surface area contributed by atoms with Crippen molar-refractivity contribution in [1.82, 2.24) is 10.2 Å². The van der Waals surface area contributed by atoms with Gasteiger partial charge in [-0.3, -0.25) is 4.79 Å². The Morgan fingerprint density at radius 3 is 2.78 bits per heavy atom. The second-order valence-electron chi connectivity index (χ2n) is 4.83. The van der Waals surface area contributed by atoms with Gasteiger partial charge >= 0.3 is 0 Å². The molecular weight excluding hydrogens is 256 g/mol. The third kappa shape index (κ3) is 3.82. The number of morpholine rings is 1. The molecule has 2 aliphatic heterocycles. The fraction of sp³-hybridized carbons (Fsp3) is 0.917. The van der Waals surface area contributed by atoms with Crippen LogP contribution in [0.3, 0.4) is 0 Å². The van der Waals surface area contributed by atoms with Gasteiger partial charge in [-0.1, -0.05) is 0 Å². The molecule has 1 N–H and O–H groups in total. The SMILES string of the molecule is CC1CN(C(=O)[C@H]2NCCO[C@@H]2C)CCCO1.Cl. The van der Waals surface area contributed by atoms with Crippen molar-refractivity contribution >= 4 is 18.3 Å². The van der Waals surface area contributed by atoms with E-state index in [0.717, 1.165) is 26.1 Å². The van der Waals surface area contributed by atoms with Crippen molar-refractivity contribution in [3.8, 4) is 0 Å². The van der Waals surface area contributed by atoms with Crippen molar-refractivity contribution in [2.24, 2.45) is 0 Å². The number of nitrogens with zero attached hydrogens (tertiary/aromatic N) is 1. The molecule has 0 saturated carbocycles. The lowest BCUT2D eigenvalue weighted by Gasteiger charge is -2.33. The Hall–Kier alpha value is -0.360. The molecule has 3 atom stereocenters. The monoisotopic (exact) mass is 278 g/mol. The van der Waals surface area contributed by atoms with E-state index < -0.39 is 0 Å². The Morgan fingerprint density at radius 1 is 1.28 bits per heavy atom. The van der Waals surface area contributed by atoms with E-state index in [1.165, 1.54) is 0 Å². The van der Waals surface area contributed by atoms with Crippen LogP contribution in [0.5, 0.6) is 0 Å². The summed E-state index contributed by atoms with van der Waals surface area (Å²) in [6, 6.07) is -0.200. The third-order valence-corrected chi connectivity index (χ3v) is 3.35. The lowest BCUT2D eigenvalue weighted by atomic mass is 10.1. The van der Waals surface area contributed by atoms with Gasteiger partial charge in [-0.15, -0.1) is 12.4 Å². The fourth-order valence-electron chi connectivity index (χ4n) is 2.40. The predicted molar refractivity (Wildman–Crippen MR) is 71.1 cm³/mol. The first-order valence-electron chi connectivity index (χ1n) is 6.44. The molecule has 0 spiro atoms. The highest BCUT2D eigenvalue weighted by molar-refractivity contribution is 5.85. The van der Waals surface area contributed by atoms with Gasteiger partial charge in [0.25, 0.3) is 0 Å². The molecule has 106 valence electrons. The molecule has 5 nitrogen and oxygen atoms in total. The van der Waals surface area contributed by atoms with E-state index >= 15 is 0 Å². The van der Waals surface area contributed by atoms with Crippen LogP contribution in [0, 0.1) is 0 Å². The van der Waals surface area contributed by atoms with E-state index in [2.05, 4.69) is 5.32 Å². The fourth-order valence-corrected chi connectivity index (χ4v) is 2.40. The van der Waals surface area contributed by atoms with Gasteiger partial charge in [0.15, 0.2) is 0 Å². The Labute approximate surface area is 115 Å². The number of hydrogen-bond acceptors (Lipinski definition) is 4. The first-order chi connectivity index (χ1) is 8.18. The summed E-state index contributed by atoms with van der Waals surface area (Å²) in [5.74, 6) is 0.148. The largest absolute Gasteiger partial charge is 0.377 e. The summed E-state index contributed by atoms with van der Waals surface area (Å²) in [5.41, 5.74) is 0. The summed E-state index contributed by atoms with van der Waals surface area (Å²) in [7, 11) is 0. The zero-order valence-electron chi connectivity index (χ0n) is 11.1. The Kier molecular flexibility index (Phi) is 6.35. The minimum Gasteiger partial charge on any atom is -0.377 e. The third-order valence-electron chi connectivity index (χ3n) is 3.35. The molecule has 0 aromatic carbocycles. The van der Waals surface area contributed by atoms with E-state index in [9.17, 15) is 4.79 Å². The summed E-state index contributed by atoms with van der Waals surface area (Å²) in [4.78, 5) is 14.3. The van der Waals surface area contributed by atoms with Crippen molar-refractivity contribution in [2.45, 2.75) is 38.5 Å². The topological polar surface area (TPSA) is 50.8 Å². The van der Waals surface area contributed by atoms with E-state index in [0.29, 0.717) is 13.2 Å². The quantitative estimate of drug-likeness (QED) is 0.755. The van der Waals surface area contributed by atoms with Crippen molar-refractivity contribution in [1.29, 1.82) is 0 Å². The van der Waals surface area contributed by atoms with Gasteiger partial charge in [0, 0.05) is 26.2 Å². The zero-order valence-corrected chi connectivity index (χ0v) is 11.9. The lowest BCUT2D eigenvalue weighted by Crippen LogP contribution is -2.57. The Morgan fingerprint density at radius 2 is 2.06 bits per heavy atom. The summed E-state index contributed by atoms with van der Waals surface area (Å²) < 4.78 is 11.1. The molecule has 2 fully saturated rings. The molecule has 6 heteroatoms. The minimum atomic E-state index is -0.200. The van der Waals surface area contributed by atoms with Gasteiger partial charge in [0.05, 0.1) is 18.8 Å². The number of ether oxygens (including phenoxy) is 2. The standard InChI is InChI=1S/C12H22N2O3.ClH/c1-9-8-14(5-3-6-16-9)12(15)11-10(2)17-7-4-13-11;/h9-11,13H,3-8H2,1-2H3;1H/t9?,10-,11+;/m1./s1. The number of nitrogens with one attached hydrogen (secondary N) is 1. The smallest absolute Gasteiger partial charge is 0.242 e. The molecule has 1 amide bonds. The molecule has 2 aliphatic rings. The van der Waals surface area contributed by atoms with Crippen LogP contribution < -0.4 is 5.32 Å². The number of carbonyl (C=O) groups is 1. The highest BCUT2D eigenvalue weighted by Gasteiger charge is 2.32. The van der Waals surface area contributed by atoms with Gasteiger partial charge in [-0.2, -0.15) is 0 Å². The van der Waals surface area contributed by atoms with Gasteiger partial charge in [-0.25, -0.2) is 0 Å². The van der Waals surface area contributed by atoms with Crippen LogP contribution in [0.1, 0.15) is 20.3 Å². The summed E-state index contributed by atoms with van der Waals surface area (Å²) in [6.45, 7) is 7.62. The Bertz CT molecular complexity index is 278. The van der Waals surface area contributed by atoms with Crippen LogP contribution in [-0.4, -0.2) is 61.9 Å². The maximum Gasteiger partial charge on any atom is 0.242 e. The minimum absolute atomic E-state index is 0. The Balaban J connectivity index is 0.00000162. The van der Waals surface area contributed by atoms with Crippen LogP contribution in [-0.2, 0) is 14.3 Å². The average molecular weight is 279 g/mol. The van der Waals surface area contributed by atoms with Gasteiger partial charge in [0.2, 0.25) is 5.91 Å². The zero-order chi connectivity index (χ0) is 12.3. The second-order valence-corrected chi connectivity index (χ2v) is 4.83. The van der Waals surface area contributed by atoms with Crippen LogP contribution in [0.2, 0.25) is 0 Å². The van der Waals surface area contributed by atoms with Crippen LogP contribution in [0.4, 0.5) is 0 Å². The predicted octanol–water partition coefficient (Wildman–Crippen LogP) is 0.422. The van der Waals surface area contributed by atoms with Crippen LogP contribution >= 0.6 is 12.4 Å². The van der Waals surface area contributed by atoms with Gasteiger partial charge in [-0.05, 0) is 20.3 Å². The highest BCUT2D eigenvalue weighted by Crippen LogP contribution is 2.11.